The molecule has 1 aliphatic heterocycles. The number of carbonyl (C=O) groups excluding carboxylic acids is 1. The van der Waals surface area contributed by atoms with Gasteiger partial charge in [-0.1, -0.05) is 36.9 Å². The topological polar surface area (TPSA) is 55.2 Å². The summed E-state index contributed by atoms with van der Waals surface area (Å²) in [5.74, 6) is -0.420. The van der Waals surface area contributed by atoms with Crippen molar-refractivity contribution in [3.05, 3.63) is 86.8 Å². The van der Waals surface area contributed by atoms with Crippen molar-refractivity contribution in [2.75, 3.05) is 18.8 Å². The quantitative estimate of drug-likeness (QED) is 0.223. The van der Waals surface area contributed by atoms with Gasteiger partial charge in [-0.3, -0.25) is 19.1 Å². The number of para-hydroxylation sites is 1. The second-order valence-corrected chi connectivity index (χ2v) is 9.92. The van der Waals surface area contributed by atoms with Gasteiger partial charge in [0.25, 0.3) is 5.56 Å². The highest BCUT2D eigenvalue weighted by Crippen LogP contribution is 2.34. The highest BCUT2D eigenvalue weighted by atomic mass is 32.2. The van der Waals surface area contributed by atoms with Gasteiger partial charge >= 0.3 is 0 Å². The van der Waals surface area contributed by atoms with Crippen LogP contribution in [0.3, 0.4) is 0 Å². The number of ketones is 1. The molecular weight excluding hydrogens is 457 g/mol. The maximum Gasteiger partial charge on any atom is 0.267 e. The summed E-state index contributed by atoms with van der Waals surface area (Å²) in [5, 5.41) is 1.18. The number of benzene rings is 2. The number of nitrogens with zero attached hydrogens (tertiary/aromatic N) is 3. The van der Waals surface area contributed by atoms with Gasteiger partial charge in [-0.25, -0.2) is 9.37 Å². The largest absolute Gasteiger partial charge is 0.298 e. The van der Waals surface area contributed by atoms with Crippen LogP contribution in [-0.4, -0.2) is 39.1 Å². The molecule has 0 saturated carbocycles. The van der Waals surface area contributed by atoms with E-state index in [4.69, 9.17) is 4.98 Å². The second kappa shape index (κ2) is 9.21. The van der Waals surface area contributed by atoms with Crippen LogP contribution in [0.1, 0.15) is 27.7 Å². The van der Waals surface area contributed by atoms with Crippen LogP contribution in [0.4, 0.5) is 4.39 Å². The van der Waals surface area contributed by atoms with Crippen LogP contribution in [-0.2, 0) is 13.0 Å². The molecule has 0 amide bonds. The third kappa shape index (κ3) is 4.26. The number of likely N-dealkylation sites (N-methyl/N-ethyl adjacent to an activating group) is 1. The fourth-order valence-electron chi connectivity index (χ4n) is 4.10. The van der Waals surface area contributed by atoms with Crippen LogP contribution in [0.15, 0.2) is 64.5 Å². The molecule has 3 heterocycles. The van der Waals surface area contributed by atoms with Crippen molar-refractivity contribution in [1.82, 2.24) is 14.5 Å². The minimum Gasteiger partial charge on any atom is -0.298 e. The highest BCUT2D eigenvalue weighted by molar-refractivity contribution is 7.99. The van der Waals surface area contributed by atoms with E-state index in [2.05, 4.69) is 11.8 Å². The van der Waals surface area contributed by atoms with Crippen molar-refractivity contribution in [2.24, 2.45) is 0 Å². The first kappa shape index (κ1) is 22.0. The number of halogens is 1. The number of hydrogen-bond acceptors (Lipinski definition) is 6. The van der Waals surface area contributed by atoms with E-state index in [0.717, 1.165) is 42.1 Å². The van der Waals surface area contributed by atoms with E-state index in [-0.39, 0.29) is 22.9 Å². The van der Waals surface area contributed by atoms with Gasteiger partial charge in [0.05, 0.1) is 16.8 Å². The second-order valence-electron chi connectivity index (χ2n) is 7.89. The third-order valence-electron chi connectivity index (χ3n) is 5.88. The molecule has 4 aromatic rings. The summed E-state index contributed by atoms with van der Waals surface area (Å²) in [6.07, 6.45) is 0.838. The summed E-state index contributed by atoms with van der Waals surface area (Å²) < 4.78 is 14.8. The molecule has 5 nitrogen and oxygen atoms in total. The molecule has 168 valence electrons. The van der Waals surface area contributed by atoms with E-state index in [0.29, 0.717) is 16.1 Å². The van der Waals surface area contributed by atoms with E-state index >= 15 is 0 Å². The van der Waals surface area contributed by atoms with Gasteiger partial charge in [-0.05, 0) is 54.9 Å². The molecule has 1 aliphatic rings. The lowest BCUT2D eigenvalue weighted by molar-refractivity contribution is 0.102. The molecule has 0 N–H and O–H groups in total. The number of rotatable bonds is 6. The lowest BCUT2D eigenvalue weighted by Crippen LogP contribution is -2.30. The van der Waals surface area contributed by atoms with Crippen molar-refractivity contribution >= 4 is 39.1 Å². The van der Waals surface area contributed by atoms with E-state index in [1.54, 1.807) is 15.9 Å². The number of fused-ring (bicyclic) bond motifs is 3. The first-order valence-corrected chi connectivity index (χ1v) is 12.6. The van der Waals surface area contributed by atoms with Crippen molar-refractivity contribution < 1.29 is 9.18 Å². The smallest absolute Gasteiger partial charge is 0.267 e. The minimum atomic E-state index is -0.382. The monoisotopic (exact) mass is 479 g/mol. The van der Waals surface area contributed by atoms with E-state index in [1.165, 1.54) is 40.9 Å². The molecule has 2 aromatic heterocycles. The Hall–Kier alpha value is -2.81. The van der Waals surface area contributed by atoms with Crippen molar-refractivity contribution in [3.63, 3.8) is 0 Å². The fourth-order valence-corrected chi connectivity index (χ4v) is 6.31. The Labute approximate surface area is 198 Å². The highest BCUT2D eigenvalue weighted by Gasteiger charge is 2.25. The van der Waals surface area contributed by atoms with Crippen LogP contribution >= 0.6 is 23.1 Å². The summed E-state index contributed by atoms with van der Waals surface area (Å²) >= 11 is 2.81. The lowest BCUT2D eigenvalue weighted by atomic mass is 10.1. The van der Waals surface area contributed by atoms with Gasteiger partial charge in [0.15, 0.2) is 10.9 Å². The van der Waals surface area contributed by atoms with E-state index in [9.17, 15) is 14.0 Å². The Balaban J connectivity index is 1.57. The summed E-state index contributed by atoms with van der Waals surface area (Å²) in [5.41, 5.74) is 2.18. The minimum absolute atomic E-state index is 0.0922. The number of thioether (sulfide) groups is 1. The molecule has 0 radical (unpaired) electrons. The molecule has 0 atom stereocenters. The molecule has 5 rings (SSSR count). The van der Waals surface area contributed by atoms with Gasteiger partial charge in [0.2, 0.25) is 0 Å². The van der Waals surface area contributed by atoms with Crippen LogP contribution in [0.25, 0.3) is 15.9 Å². The van der Waals surface area contributed by atoms with Gasteiger partial charge in [-0.2, -0.15) is 0 Å². The zero-order valence-corrected chi connectivity index (χ0v) is 19.7. The standard InChI is InChI=1S/C25H22FN3O2S2/c1-2-28-13-12-19-21(14-28)33-23-22(19)24(31)29(18-6-4-3-5-7-18)25(27-23)32-15-20(30)16-8-10-17(26)11-9-16/h3-11H,2,12-15H2,1H3. The number of carbonyl (C=O) groups is 1. The fraction of sp³-hybridized carbons (Fsp3) is 0.240. The van der Waals surface area contributed by atoms with Crippen LogP contribution in [0.5, 0.6) is 0 Å². The summed E-state index contributed by atoms with van der Waals surface area (Å²) in [6, 6.07) is 14.9. The van der Waals surface area contributed by atoms with Gasteiger partial charge in [0.1, 0.15) is 10.6 Å². The molecule has 0 saturated heterocycles. The Morgan fingerprint density at radius 2 is 1.91 bits per heavy atom. The molecule has 8 heteroatoms. The normalized spacial score (nSPS) is 13.9. The Kier molecular flexibility index (Phi) is 6.14. The molecular formula is C25H22FN3O2S2. The first-order valence-electron chi connectivity index (χ1n) is 10.8. The van der Waals surface area contributed by atoms with Crippen molar-refractivity contribution in [3.8, 4) is 5.69 Å². The molecule has 0 bridgehead atoms. The van der Waals surface area contributed by atoms with Crippen LogP contribution < -0.4 is 5.56 Å². The Morgan fingerprint density at radius 3 is 2.64 bits per heavy atom. The lowest BCUT2D eigenvalue weighted by Gasteiger charge is -2.25. The van der Waals surface area contributed by atoms with Gasteiger partial charge < -0.3 is 0 Å². The SMILES string of the molecule is CCN1CCc2c(sc3nc(SCC(=O)c4ccc(F)cc4)n(-c4ccccc4)c(=O)c23)C1. The van der Waals surface area contributed by atoms with Gasteiger partial charge in [-0.15, -0.1) is 11.3 Å². The Morgan fingerprint density at radius 1 is 1.15 bits per heavy atom. The molecule has 0 fully saturated rings. The number of hydrogen-bond donors (Lipinski definition) is 0. The zero-order chi connectivity index (χ0) is 22.9. The first-order chi connectivity index (χ1) is 16.0. The maximum absolute atomic E-state index is 13.8. The van der Waals surface area contributed by atoms with Crippen molar-refractivity contribution in [1.29, 1.82) is 0 Å². The predicted octanol–water partition coefficient (Wildman–Crippen LogP) is 4.94. The molecule has 0 spiro atoms. The van der Waals surface area contributed by atoms with Crippen LogP contribution in [0, 0.1) is 5.82 Å². The summed E-state index contributed by atoms with van der Waals surface area (Å²) in [4.78, 5) is 35.6. The third-order valence-corrected chi connectivity index (χ3v) is 7.93. The zero-order valence-electron chi connectivity index (χ0n) is 18.1. The number of aromatic nitrogens is 2. The molecule has 2 aromatic carbocycles. The van der Waals surface area contributed by atoms with E-state index in [1.807, 2.05) is 30.3 Å². The molecule has 0 unspecified atom stereocenters. The number of thiophene rings is 1. The average molecular weight is 480 g/mol. The van der Waals surface area contributed by atoms with Crippen LogP contribution in [0.2, 0.25) is 0 Å². The summed E-state index contributed by atoms with van der Waals surface area (Å²) in [6.45, 7) is 4.89. The Bertz CT molecular complexity index is 1380. The van der Waals surface area contributed by atoms with Gasteiger partial charge in [0, 0.05) is 23.5 Å². The predicted molar refractivity (Wildman–Crippen MR) is 131 cm³/mol. The molecule has 0 aliphatic carbocycles. The summed E-state index contributed by atoms with van der Waals surface area (Å²) in [7, 11) is 0. The average Bonchev–Trinajstić information content (AvgIpc) is 3.21. The maximum atomic E-state index is 13.8. The van der Waals surface area contributed by atoms with E-state index < -0.39 is 0 Å². The van der Waals surface area contributed by atoms with Crippen molar-refractivity contribution in [2.45, 2.75) is 25.0 Å². The number of Topliss-reactive ketones (excluding diaryl/α,β-unsaturated/α-hetero) is 1. The molecule has 33 heavy (non-hydrogen) atoms.